The van der Waals surface area contributed by atoms with Gasteiger partial charge in [0.1, 0.15) is 0 Å². The van der Waals surface area contributed by atoms with Crippen LogP contribution in [0.5, 0.6) is 17.2 Å². The molecule has 0 N–H and O–H groups in total. The van der Waals surface area contributed by atoms with Crippen molar-refractivity contribution in [3.63, 3.8) is 0 Å². The molecule has 0 bridgehead atoms. The zero-order chi connectivity index (χ0) is 50.7. The van der Waals surface area contributed by atoms with Crippen LogP contribution in [0, 0.1) is 52.7 Å². The fourth-order valence-corrected chi connectivity index (χ4v) is 9.81. The summed E-state index contributed by atoms with van der Waals surface area (Å²) >= 11 is 0. The van der Waals surface area contributed by atoms with E-state index in [-0.39, 0.29) is 17.2 Å². The molecular formula is C61H86F6O3. The predicted octanol–water partition coefficient (Wildman–Crippen LogP) is 19.9. The van der Waals surface area contributed by atoms with Gasteiger partial charge >= 0.3 is 0 Å². The molecule has 3 aliphatic carbocycles. The molecule has 0 aromatic heterocycles. The highest BCUT2D eigenvalue weighted by Gasteiger charge is 2.24. The molecule has 0 radical (unpaired) electrons. The van der Waals surface area contributed by atoms with Crippen molar-refractivity contribution in [1.29, 1.82) is 0 Å². The van der Waals surface area contributed by atoms with E-state index >= 15 is 0 Å². The van der Waals surface area contributed by atoms with Crippen LogP contribution in [0.4, 0.5) is 26.3 Å². The summed E-state index contributed by atoms with van der Waals surface area (Å²) in [5, 5.41) is 0. The zero-order valence-electron chi connectivity index (χ0n) is 43.7. The van der Waals surface area contributed by atoms with Crippen LogP contribution >= 0.6 is 0 Å². The molecule has 0 saturated heterocycles. The maximum atomic E-state index is 14.5. The Morgan fingerprint density at radius 2 is 0.700 bits per heavy atom. The molecule has 0 heterocycles. The lowest BCUT2D eigenvalue weighted by Gasteiger charge is -2.22. The van der Waals surface area contributed by atoms with Crippen LogP contribution in [0.1, 0.15) is 219 Å². The smallest absolute Gasteiger partial charge is 0.201 e. The van der Waals surface area contributed by atoms with E-state index in [0.717, 1.165) is 100 Å². The summed E-state index contributed by atoms with van der Waals surface area (Å²) in [7, 11) is 0. The van der Waals surface area contributed by atoms with Gasteiger partial charge in [0.05, 0.1) is 19.8 Å². The van der Waals surface area contributed by atoms with E-state index in [1.165, 1.54) is 83.1 Å². The second kappa shape index (κ2) is 32.8. The van der Waals surface area contributed by atoms with E-state index in [2.05, 4.69) is 45.9 Å². The summed E-state index contributed by atoms with van der Waals surface area (Å²) in [6, 6.07) is 9.65. The van der Waals surface area contributed by atoms with Gasteiger partial charge in [-0.15, -0.1) is 0 Å². The lowest BCUT2D eigenvalue weighted by atomic mass is 9.83. The third kappa shape index (κ3) is 18.5. The molecular weight excluding hydrogens is 895 g/mol. The molecule has 6 rings (SSSR count). The van der Waals surface area contributed by atoms with E-state index in [9.17, 15) is 26.3 Å². The van der Waals surface area contributed by atoms with Gasteiger partial charge in [0.2, 0.25) is 17.5 Å². The second-order valence-corrected chi connectivity index (χ2v) is 19.7. The van der Waals surface area contributed by atoms with Crippen LogP contribution in [0.25, 0.3) is 16.7 Å². The molecule has 0 fully saturated rings. The number of halogens is 6. The van der Waals surface area contributed by atoms with Crippen LogP contribution in [-0.2, 0) is 0 Å². The van der Waals surface area contributed by atoms with Gasteiger partial charge in [0.25, 0.3) is 0 Å². The molecule has 0 aliphatic heterocycles. The molecule has 3 unspecified atom stereocenters. The van der Waals surface area contributed by atoms with Crippen molar-refractivity contribution in [2.45, 2.75) is 202 Å². The minimum absolute atomic E-state index is 0.00222. The molecule has 3 aromatic carbocycles. The normalized spacial score (nSPS) is 17.8. The maximum absolute atomic E-state index is 14.5. The Bertz CT molecular complexity index is 2090. The number of rotatable bonds is 25. The summed E-state index contributed by atoms with van der Waals surface area (Å²) in [4.78, 5) is 0. The Hall–Kier alpha value is -4.14. The lowest BCUT2D eigenvalue weighted by molar-refractivity contribution is 0.286. The Morgan fingerprint density at radius 3 is 1.00 bits per heavy atom. The Balaban J connectivity index is 0.000000229. The number of hydrogen-bond donors (Lipinski definition) is 0. The molecule has 3 nitrogen and oxygen atoms in total. The van der Waals surface area contributed by atoms with Crippen LogP contribution in [0.3, 0.4) is 0 Å². The quantitative estimate of drug-likeness (QED) is 0.0625. The first-order valence-electron chi connectivity index (χ1n) is 27.4. The molecule has 3 aliphatic rings. The van der Waals surface area contributed by atoms with Gasteiger partial charge in [-0.3, -0.25) is 0 Å². The van der Waals surface area contributed by atoms with E-state index in [1.807, 2.05) is 6.92 Å². The Morgan fingerprint density at radius 1 is 0.371 bits per heavy atom. The summed E-state index contributed by atoms with van der Waals surface area (Å²) in [6.45, 7) is 13.6. The first kappa shape index (κ1) is 58.4. The van der Waals surface area contributed by atoms with Gasteiger partial charge < -0.3 is 14.2 Å². The van der Waals surface area contributed by atoms with Crippen molar-refractivity contribution in [2.24, 2.45) is 17.8 Å². The first-order chi connectivity index (χ1) is 34.0. The third-order valence-corrected chi connectivity index (χ3v) is 14.2. The van der Waals surface area contributed by atoms with E-state index < -0.39 is 34.9 Å². The van der Waals surface area contributed by atoms with E-state index in [4.69, 9.17) is 14.2 Å². The van der Waals surface area contributed by atoms with Gasteiger partial charge in [0, 0.05) is 16.7 Å². The van der Waals surface area contributed by atoms with E-state index in [1.54, 1.807) is 37.3 Å². The average Bonchev–Trinajstić information content (AvgIpc) is 3.37. The molecule has 0 saturated carbocycles. The van der Waals surface area contributed by atoms with Crippen LogP contribution in [-0.4, -0.2) is 19.8 Å². The number of allylic oxidation sites excluding steroid dienone is 6. The standard InChI is InChI=1S/C22H32F2O.C20H28F2O.C19H26F2O/c1-3-5-7-9-17-10-12-18(13-11-17)19-14-15-20(22(24)21(19)23)25-16-8-6-4-2;1-3-5-6-7-15-8-10-16(11-9-15)17-12-13-18(23-14-4-2)20(22)19(17)21;1-3-5-6-7-14-8-10-15(11-9-14)16-12-13-17(22-4-2)19(21)18(16)20/h12,14-15,17H,3-11,13,16H2,1-2H3;10,12-13,15H,3-9,11,14H2,1-2H3;10,12-14H,3-9,11H2,1-2H3. The molecule has 0 amide bonds. The van der Waals surface area contributed by atoms with Gasteiger partial charge in [-0.05, 0) is 148 Å². The highest BCUT2D eigenvalue weighted by atomic mass is 19.2. The van der Waals surface area contributed by atoms with Crippen molar-refractivity contribution in [1.82, 2.24) is 0 Å². The summed E-state index contributed by atoms with van der Waals surface area (Å²) < 4.78 is 101. The molecule has 3 atom stereocenters. The molecule has 0 spiro atoms. The SMILES string of the molecule is CCCCCC1CC=C(c2ccc(OCC)c(F)c2F)CC1.CCCCCC1CC=C(c2ccc(OCCC)c(F)c2F)CC1.CCCCCOc1ccc(C2=CCC(CCCCC)CC2)c(F)c1F. The first-order valence-corrected chi connectivity index (χ1v) is 27.4. The highest BCUT2D eigenvalue weighted by molar-refractivity contribution is 5.69. The van der Waals surface area contributed by atoms with Crippen molar-refractivity contribution in [2.75, 3.05) is 19.8 Å². The van der Waals surface area contributed by atoms with E-state index in [0.29, 0.717) is 54.3 Å². The van der Waals surface area contributed by atoms with Gasteiger partial charge in [-0.1, -0.05) is 143 Å². The highest BCUT2D eigenvalue weighted by Crippen LogP contribution is 2.39. The molecule has 9 heteroatoms. The average molecular weight is 981 g/mol. The fourth-order valence-electron chi connectivity index (χ4n) is 9.81. The van der Waals surface area contributed by atoms with Crippen molar-refractivity contribution in [3.8, 4) is 17.2 Å². The number of hydrogen-bond acceptors (Lipinski definition) is 3. The van der Waals surface area contributed by atoms with Gasteiger partial charge in [0.15, 0.2) is 34.7 Å². The predicted molar refractivity (Wildman–Crippen MR) is 279 cm³/mol. The van der Waals surface area contributed by atoms with Crippen molar-refractivity contribution >= 4 is 16.7 Å². The summed E-state index contributed by atoms with van der Waals surface area (Å²) in [5.74, 6) is -2.74. The van der Waals surface area contributed by atoms with Gasteiger partial charge in [-0.25, -0.2) is 13.2 Å². The molecule has 390 valence electrons. The second-order valence-electron chi connectivity index (χ2n) is 19.7. The monoisotopic (exact) mass is 981 g/mol. The third-order valence-electron chi connectivity index (χ3n) is 14.2. The van der Waals surface area contributed by atoms with Crippen LogP contribution < -0.4 is 14.2 Å². The van der Waals surface area contributed by atoms with Crippen LogP contribution in [0.2, 0.25) is 0 Å². The Kier molecular flexibility index (Phi) is 27.3. The number of unbranched alkanes of at least 4 members (excludes halogenated alkanes) is 8. The fraction of sp³-hybridized carbons (Fsp3) is 0.607. The summed E-state index contributed by atoms with van der Waals surface area (Å²) in [5.41, 5.74) is 4.03. The van der Waals surface area contributed by atoms with Gasteiger partial charge in [-0.2, -0.15) is 13.2 Å². The number of benzene rings is 3. The molecule has 3 aromatic rings. The number of ether oxygens (including phenoxy) is 3. The Labute approximate surface area is 418 Å². The zero-order valence-corrected chi connectivity index (χ0v) is 43.7. The van der Waals surface area contributed by atoms with Crippen molar-refractivity contribution in [3.05, 3.63) is 106 Å². The minimum Gasteiger partial charge on any atom is -0.491 e. The lowest BCUT2D eigenvalue weighted by Crippen LogP contribution is -2.07. The molecule has 70 heavy (non-hydrogen) atoms. The minimum atomic E-state index is -0.870. The summed E-state index contributed by atoms with van der Waals surface area (Å²) in [6.07, 6.45) is 33.9. The maximum Gasteiger partial charge on any atom is 0.201 e. The van der Waals surface area contributed by atoms with Crippen molar-refractivity contribution < 1.29 is 40.6 Å². The topological polar surface area (TPSA) is 27.7 Å². The largest absolute Gasteiger partial charge is 0.491 e. The van der Waals surface area contributed by atoms with Crippen LogP contribution in [0.15, 0.2) is 54.6 Å².